The first-order valence-corrected chi connectivity index (χ1v) is 6.70. The zero-order valence-corrected chi connectivity index (χ0v) is 11.1. The summed E-state index contributed by atoms with van der Waals surface area (Å²) in [6, 6.07) is 13.5. The van der Waals surface area contributed by atoms with Crippen LogP contribution in [0.4, 0.5) is 5.69 Å². The zero-order chi connectivity index (χ0) is 13.4. The van der Waals surface area contributed by atoms with Crippen LogP contribution in [-0.4, -0.2) is 11.7 Å². The molecule has 0 radical (unpaired) electrons. The van der Waals surface area contributed by atoms with Crippen molar-refractivity contribution in [1.29, 1.82) is 0 Å². The van der Waals surface area contributed by atoms with E-state index in [1.165, 1.54) is 5.56 Å². The van der Waals surface area contributed by atoms with E-state index in [1.807, 2.05) is 24.3 Å². The summed E-state index contributed by atoms with van der Waals surface area (Å²) in [7, 11) is 0. The minimum atomic E-state index is -0.548. The van der Waals surface area contributed by atoms with Gasteiger partial charge in [-0.15, -0.1) is 0 Å². The third-order valence-corrected chi connectivity index (χ3v) is 4.18. The summed E-state index contributed by atoms with van der Waals surface area (Å²) in [4.78, 5) is 25.0. The summed E-state index contributed by atoms with van der Waals surface area (Å²) in [6.07, 6.45) is 0. The largest absolute Gasteiger partial charge is 0.318 e. The molecule has 1 aliphatic heterocycles. The van der Waals surface area contributed by atoms with Gasteiger partial charge in [0.1, 0.15) is 0 Å². The minimum Gasteiger partial charge on any atom is -0.318 e. The van der Waals surface area contributed by atoms with Crippen molar-refractivity contribution in [2.75, 3.05) is 5.32 Å². The molecule has 0 unspecified atom stereocenters. The molecule has 0 aromatic heterocycles. The lowest BCUT2D eigenvalue weighted by molar-refractivity contribution is -0.112. The molecule has 0 saturated carbocycles. The van der Waals surface area contributed by atoms with Crippen LogP contribution in [0.2, 0.25) is 0 Å². The van der Waals surface area contributed by atoms with Crippen molar-refractivity contribution >= 4 is 29.1 Å². The number of carbonyl (C=O) groups excluding carboxylic acids is 2. The number of aryl methyl sites for hydroxylation is 1. The number of Topliss-reactive ketones (excluding diaryl/α,β-unsaturated/α-hetero) is 1. The number of amides is 1. The number of anilines is 1. The maximum atomic E-state index is 11.5. The highest BCUT2D eigenvalue weighted by atomic mass is 32.2. The van der Waals surface area contributed by atoms with Gasteiger partial charge < -0.3 is 5.32 Å². The van der Waals surface area contributed by atoms with Crippen LogP contribution in [0.25, 0.3) is 0 Å². The second-order valence-corrected chi connectivity index (χ2v) is 5.47. The predicted octanol–water partition coefficient (Wildman–Crippen LogP) is 3.28. The van der Waals surface area contributed by atoms with Crippen molar-refractivity contribution in [2.24, 2.45) is 0 Å². The highest BCUT2D eigenvalue weighted by molar-refractivity contribution is 7.99. The Balaban J connectivity index is 1.93. The predicted molar refractivity (Wildman–Crippen MR) is 74.7 cm³/mol. The number of rotatable bonds is 2. The lowest BCUT2D eigenvalue weighted by atomic mass is 10.1. The van der Waals surface area contributed by atoms with Crippen molar-refractivity contribution in [3.8, 4) is 0 Å². The van der Waals surface area contributed by atoms with Gasteiger partial charge >= 0.3 is 0 Å². The highest BCUT2D eigenvalue weighted by Crippen LogP contribution is 2.34. The summed E-state index contributed by atoms with van der Waals surface area (Å²) in [6.45, 7) is 2.06. The fourth-order valence-corrected chi connectivity index (χ4v) is 2.93. The van der Waals surface area contributed by atoms with Crippen LogP contribution in [0.1, 0.15) is 15.9 Å². The van der Waals surface area contributed by atoms with E-state index in [4.69, 9.17) is 0 Å². The van der Waals surface area contributed by atoms with Crippen LogP contribution in [0.5, 0.6) is 0 Å². The Bertz CT molecular complexity index is 694. The monoisotopic (exact) mass is 269 g/mol. The van der Waals surface area contributed by atoms with Crippen LogP contribution >= 0.6 is 11.8 Å². The van der Waals surface area contributed by atoms with Crippen molar-refractivity contribution in [3.05, 3.63) is 53.6 Å². The topological polar surface area (TPSA) is 46.2 Å². The van der Waals surface area contributed by atoms with Crippen LogP contribution in [0.15, 0.2) is 52.3 Å². The van der Waals surface area contributed by atoms with Gasteiger partial charge in [0.25, 0.3) is 11.7 Å². The highest BCUT2D eigenvalue weighted by Gasteiger charge is 2.27. The average molecular weight is 269 g/mol. The number of carbonyl (C=O) groups is 2. The molecule has 0 fully saturated rings. The Labute approximate surface area is 115 Å². The van der Waals surface area contributed by atoms with Crippen LogP contribution in [0, 0.1) is 6.92 Å². The summed E-state index contributed by atoms with van der Waals surface area (Å²) in [5.41, 5.74) is 2.26. The van der Waals surface area contributed by atoms with E-state index in [1.54, 1.807) is 17.8 Å². The van der Waals surface area contributed by atoms with Crippen molar-refractivity contribution in [1.82, 2.24) is 0 Å². The SMILES string of the molecule is Cc1ccccc1Sc1ccc2c(c1)NC(=O)C2=O. The Kier molecular flexibility index (Phi) is 2.87. The maximum absolute atomic E-state index is 11.5. The van der Waals surface area contributed by atoms with Crippen LogP contribution in [-0.2, 0) is 4.79 Å². The lowest BCUT2D eigenvalue weighted by Crippen LogP contribution is -2.12. The molecule has 1 aliphatic rings. The lowest BCUT2D eigenvalue weighted by Gasteiger charge is -2.06. The van der Waals surface area contributed by atoms with Crippen molar-refractivity contribution in [2.45, 2.75) is 16.7 Å². The number of benzene rings is 2. The summed E-state index contributed by atoms with van der Waals surface area (Å²) in [5.74, 6) is -1.00. The molecular weight excluding hydrogens is 258 g/mol. The van der Waals surface area contributed by atoms with E-state index in [0.29, 0.717) is 11.3 Å². The molecule has 0 spiro atoms. The Morgan fingerprint density at radius 3 is 2.63 bits per heavy atom. The number of nitrogens with one attached hydrogen (secondary N) is 1. The molecule has 0 aliphatic carbocycles. The molecule has 2 aromatic carbocycles. The first-order chi connectivity index (χ1) is 9.15. The average Bonchev–Trinajstić information content (AvgIpc) is 2.68. The van der Waals surface area contributed by atoms with E-state index < -0.39 is 11.7 Å². The van der Waals surface area contributed by atoms with E-state index >= 15 is 0 Å². The van der Waals surface area contributed by atoms with Gasteiger partial charge in [-0.1, -0.05) is 30.0 Å². The molecule has 1 amide bonds. The number of ketones is 1. The van der Waals surface area contributed by atoms with Gasteiger partial charge in [-0.3, -0.25) is 9.59 Å². The van der Waals surface area contributed by atoms with Crippen LogP contribution in [0.3, 0.4) is 0 Å². The summed E-state index contributed by atoms with van der Waals surface area (Å²) >= 11 is 1.62. The maximum Gasteiger partial charge on any atom is 0.296 e. The van der Waals surface area contributed by atoms with Gasteiger partial charge in [-0.05, 0) is 36.8 Å². The summed E-state index contributed by atoms with van der Waals surface area (Å²) < 4.78 is 0. The normalized spacial score (nSPS) is 13.3. The molecule has 2 aromatic rings. The van der Waals surface area contributed by atoms with Gasteiger partial charge in [0.15, 0.2) is 0 Å². The first-order valence-electron chi connectivity index (χ1n) is 5.88. The van der Waals surface area contributed by atoms with Gasteiger partial charge in [0.05, 0.1) is 11.3 Å². The Morgan fingerprint density at radius 2 is 1.84 bits per heavy atom. The standard InChI is InChI=1S/C15H11NO2S/c1-9-4-2-3-5-13(9)19-10-6-7-11-12(8-10)16-15(18)14(11)17/h2-8H,1H3,(H,16,17,18). The van der Waals surface area contributed by atoms with Crippen molar-refractivity contribution in [3.63, 3.8) is 0 Å². The molecule has 1 N–H and O–H groups in total. The molecular formula is C15H11NO2S. The fourth-order valence-electron chi connectivity index (χ4n) is 1.99. The Morgan fingerprint density at radius 1 is 1.05 bits per heavy atom. The second-order valence-electron chi connectivity index (χ2n) is 4.36. The number of fused-ring (bicyclic) bond motifs is 1. The smallest absolute Gasteiger partial charge is 0.296 e. The second kappa shape index (κ2) is 4.55. The number of hydrogen-bond acceptors (Lipinski definition) is 3. The fraction of sp³-hybridized carbons (Fsp3) is 0.0667. The third kappa shape index (κ3) is 2.15. The number of hydrogen-bond donors (Lipinski definition) is 1. The van der Waals surface area contributed by atoms with Crippen molar-refractivity contribution < 1.29 is 9.59 Å². The molecule has 3 nitrogen and oxygen atoms in total. The molecule has 3 rings (SSSR count). The minimum absolute atomic E-state index is 0.456. The van der Waals surface area contributed by atoms with Crippen LogP contribution < -0.4 is 5.32 Å². The Hall–Kier alpha value is -2.07. The van der Waals surface area contributed by atoms with E-state index in [0.717, 1.165) is 9.79 Å². The molecule has 19 heavy (non-hydrogen) atoms. The quantitative estimate of drug-likeness (QED) is 0.851. The molecule has 4 heteroatoms. The van der Waals surface area contributed by atoms with Gasteiger partial charge in [-0.25, -0.2) is 0 Å². The molecule has 94 valence electrons. The molecule has 0 saturated heterocycles. The molecule has 0 atom stereocenters. The van der Waals surface area contributed by atoms with E-state index in [2.05, 4.69) is 24.4 Å². The van der Waals surface area contributed by atoms with Gasteiger partial charge in [0, 0.05) is 9.79 Å². The van der Waals surface area contributed by atoms with E-state index in [9.17, 15) is 9.59 Å². The molecule has 1 heterocycles. The van der Waals surface area contributed by atoms with Gasteiger partial charge in [-0.2, -0.15) is 0 Å². The first kappa shape index (κ1) is 12.0. The zero-order valence-electron chi connectivity index (χ0n) is 10.3. The van der Waals surface area contributed by atoms with Gasteiger partial charge in [0.2, 0.25) is 0 Å². The third-order valence-electron chi connectivity index (χ3n) is 3.01. The van der Waals surface area contributed by atoms with E-state index in [-0.39, 0.29) is 0 Å². The molecule has 0 bridgehead atoms. The summed E-state index contributed by atoms with van der Waals surface area (Å²) in [5, 5.41) is 2.59.